The van der Waals surface area contributed by atoms with Crippen molar-refractivity contribution in [1.29, 1.82) is 0 Å². The first-order valence-electron chi connectivity index (χ1n) is 9.44. The van der Waals surface area contributed by atoms with E-state index in [1.807, 2.05) is 6.08 Å². The zero-order valence-electron chi connectivity index (χ0n) is 14.8. The first-order valence-corrected chi connectivity index (χ1v) is 9.44. The van der Waals surface area contributed by atoms with Gasteiger partial charge in [0, 0.05) is 18.3 Å². The normalized spacial score (nSPS) is 47.9. The number of fused-ring (bicyclic) bond motifs is 5. The zero-order chi connectivity index (χ0) is 17.3. The van der Waals surface area contributed by atoms with Crippen molar-refractivity contribution < 1.29 is 14.7 Å². The fourth-order valence-corrected chi connectivity index (χ4v) is 6.86. The highest BCUT2D eigenvalue weighted by molar-refractivity contribution is 5.95. The second kappa shape index (κ2) is 5.06. The molecule has 4 aliphatic carbocycles. The monoisotopic (exact) mass is 328 g/mol. The Morgan fingerprint density at radius 3 is 2.58 bits per heavy atom. The summed E-state index contributed by atoms with van der Waals surface area (Å²) in [4.78, 5) is 24.7. The van der Waals surface area contributed by atoms with E-state index >= 15 is 0 Å². The Balaban J connectivity index is 1.76. The molecule has 0 spiro atoms. The molecule has 4 aliphatic rings. The van der Waals surface area contributed by atoms with Crippen molar-refractivity contribution in [2.75, 3.05) is 0 Å². The van der Waals surface area contributed by atoms with Gasteiger partial charge in [0.05, 0.1) is 0 Å². The molecule has 0 aromatic rings. The molecule has 4 rings (SSSR count). The molecule has 0 saturated heterocycles. The van der Waals surface area contributed by atoms with E-state index in [4.69, 9.17) is 0 Å². The third-order valence-electron chi connectivity index (χ3n) is 8.17. The molecule has 1 N–H and O–H groups in total. The van der Waals surface area contributed by atoms with Gasteiger partial charge in [-0.25, -0.2) is 0 Å². The van der Waals surface area contributed by atoms with Crippen LogP contribution in [0.5, 0.6) is 0 Å². The third kappa shape index (κ3) is 1.84. The van der Waals surface area contributed by atoms with Gasteiger partial charge < -0.3 is 5.11 Å². The summed E-state index contributed by atoms with van der Waals surface area (Å²) in [6.45, 7) is 8.44. The molecule has 1 unspecified atom stereocenters. The van der Waals surface area contributed by atoms with Crippen LogP contribution in [-0.2, 0) is 9.59 Å². The summed E-state index contributed by atoms with van der Waals surface area (Å²) < 4.78 is 0. The predicted octanol–water partition coefficient (Wildman–Crippen LogP) is 4.39. The zero-order valence-corrected chi connectivity index (χ0v) is 14.8. The Labute approximate surface area is 144 Å². The van der Waals surface area contributed by atoms with Crippen molar-refractivity contribution in [3.63, 3.8) is 0 Å². The van der Waals surface area contributed by atoms with Gasteiger partial charge in [-0.2, -0.15) is 0 Å². The molecule has 0 aliphatic heterocycles. The summed E-state index contributed by atoms with van der Waals surface area (Å²) in [7, 11) is 0. The van der Waals surface area contributed by atoms with E-state index in [1.54, 1.807) is 0 Å². The number of aliphatic hydroxyl groups is 1. The molecule has 0 heterocycles. The van der Waals surface area contributed by atoms with E-state index in [9.17, 15) is 14.7 Å². The summed E-state index contributed by atoms with van der Waals surface area (Å²) in [5, 5.41) is 10.4. The Morgan fingerprint density at radius 1 is 1.12 bits per heavy atom. The fraction of sp³-hybridized carbons (Fsp3) is 0.714. The van der Waals surface area contributed by atoms with Crippen LogP contribution in [0.25, 0.3) is 0 Å². The van der Waals surface area contributed by atoms with E-state index in [0.717, 1.165) is 37.7 Å². The summed E-state index contributed by atoms with van der Waals surface area (Å²) in [6.07, 6.45) is 7.74. The van der Waals surface area contributed by atoms with Crippen molar-refractivity contribution in [1.82, 2.24) is 0 Å². The van der Waals surface area contributed by atoms with Gasteiger partial charge in [-0.15, -0.1) is 6.58 Å². The van der Waals surface area contributed by atoms with Crippen LogP contribution in [0, 0.1) is 34.5 Å². The molecule has 3 saturated carbocycles. The van der Waals surface area contributed by atoms with Gasteiger partial charge in [0.15, 0.2) is 11.5 Å². The molecule has 3 nitrogen and oxygen atoms in total. The fourth-order valence-electron chi connectivity index (χ4n) is 6.86. The number of hydrogen-bond acceptors (Lipinski definition) is 3. The van der Waals surface area contributed by atoms with E-state index < -0.39 is 0 Å². The predicted molar refractivity (Wildman–Crippen MR) is 92.4 cm³/mol. The largest absolute Gasteiger partial charge is 0.504 e. The van der Waals surface area contributed by atoms with Crippen molar-refractivity contribution in [2.45, 2.75) is 58.8 Å². The third-order valence-corrected chi connectivity index (χ3v) is 8.17. The number of ketones is 2. The smallest absolute Gasteiger partial charge is 0.197 e. The van der Waals surface area contributed by atoms with Crippen LogP contribution in [0.15, 0.2) is 24.0 Å². The van der Waals surface area contributed by atoms with Crippen LogP contribution in [0.1, 0.15) is 58.8 Å². The molecule has 0 amide bonds. The van der Waals surface area contributed by atoms with Crippen molar-refractivity contribution >= 4 is 11.6 Å². The first kappa shape index (κ1) is 16.1. The molecule has 24 heavy (non-hydrogen) atoms. The maximum Gasteiger partial charge on any atom is 0.197 e. The van der Waals surface area contributed by atoms with Gasteiger partial charge in [0.2, 0.25) is 0 Å². The van der Waals surface area contributed by atoms with Crippen LogP contribution in [0.3, 0.4) is 0 Å². The Bertz CT molecular complexity index is 660. The molecule has 0 radical (unpaired) electrons. The molecule has 0 aromatic heterocycles. The highest BCUT2D eigenvalue weighted by atomic mass is 16.3. The van der Waals surface area contributed by atoms with Crippen molar-refractivity contribution in [2.24, 2.45) is 34.5 Å². The van der Waals surface area contributed by atoms with Gasteiger partial charge >= 0.3 is 0 Å². The Morgan fingerprint density at radius 2 is 1.88 bits per heavy atom. The van der Waals surface area contributed by atoms with Gasteiger partial charge in [-0.1, -0.05) is 19.9 Å². The average molecular weight is 328 g/mol. The second-order valence-corrected chi connectivity index (χ2v) is 8.99. The molecular formula is C21H28O3. The van der Waals surface area contributed by atoms with E-state index in [0.29, 0.717) is 42.3 Å². The highest BCUT2D eigenvalue weighted by Crippen LogP contribution is 2.66. The van der Waals surface area contributed by atoms with Gasteiger partial charge in [-0.3, -0.25) is 9.59 Å². The number of carbonyl (C=O) groups is 2. The summed E-state index contributed by atoms with van der Waals surface area (Å²) in [5.74, 6) is 2.06. The number of allylic oxidation sites excluding steroid dienone is 2. The lowest BCUT2D eigenvalue weighted by molar-refractivity contribution is -0.133. The minimum Gasteiger partial charge on any atom is -0.504 e. The van der Waals surface area contributed by atoms with Crippen molar-refractivity contribution in [3.8, 4) is 0 Å². The van der Waals surface area contributed by atoms with Gasteiger partial charge in [-0.05, 0) is 66.8 Å². The molecule has 3 fully saturated rings. The maximum absolute atomic E-state index is 12.7. The van der Waals surface area contributed by atoms with Crippen LogP contribution in [0.4, 0.5) is 0 Å². The molecule has 6 atom stereocenters. The van der Waals surface area contributed by atoms with Crippen LogP contribution in [0.2, 0.25) is 0 Å². The van der Waals surface area contributed by atoms with E-state index in [1.165, 1.54) is 0 Å². The molecule has 130 valence electrons. The lowest BCUT2D eigenvalue weighted by Gasteiger charge is -2.57. The number of carbonyl (C=O) groups excluding carboxylic acids is 2. The lowest BCUT2D eigenvalue weighted by atomic mass is 9.46. The van der Waals surface area contributed by atoms with Crippen LogP contribution in [-0.4, -0.2) is 16.7 Å². The Hall–Kier alpha value is -1.38. The van der Waals surface area contributed by atoms with Crippen LogP contribution < -0.4 is 0 Å². The molecular weight excluding hydrogens is 300 g/mol. The second-order valence-electron chi connectivity index (χ2n) is 8.99. The minimum absolute atomic E-state index is 0.0540. The number of Topliss-reactive ketones (excluding diaryl/α,β-unsaturated/α-hetero) is 2. The molecule has 0 bridgehead atoms. The number of hydrogen-bond donors (Lipinski definition) is 1. The molecule has 3 heteroatoms. The Kier molecular flexibility index (Phi) is 3.40. The summed E-state index contributed by atoms with van der Waals surface area (Å²) in [5.41, 5.74) is 0.743. The van der Waals surface area contributed by atoms with E-state index in [2.05, 4.69) is 20.4 Å². The minimum atomic E-state index is -0.190. The van der Waals surface area contributed by atoms with Gasteiger partial charge in [0.25, 0.3) is 0 Å². The van der Waals surface area contributed by atoms with Gasteiger partial charge in [0.1, 0.15) is 5.78 Å². The maximum atomic E-state index is 12.7. The SMILES string of the molecule is C=CC1CC(=O)[C@@]2(C)CC[C@@H]3[C@@H](CCC4=C(O)C(=O)CC[C@@]43C)[C@H]12. The number of rotatable bonds is 1. The summed E-state index contributed by atoms with van der Waals surface area (Å²) >= 11 is 0. The average Bonchev–Trinajstić information content (AvgIpc) is 2.82. The number of aliphatic hydroxyl groups excluding tert-OH is 1. The van der Waals surface area contributed by atoms with Crippen LogP contribution >= 0.6 is 0 Å². The topological polar surface area (TPSA) is 54.4 Å². The molecule has 0 aromatic carbocycles. The lowest BCUT2D eigenvalue weighted by Crippen LogP contribution is -2.52. The van der Waals surface area contributed by atoms with E-state index in [-0.39, 0.29) is 22.4 Å². The first-order chi connectivity index (χ1) is 11.3. The quantitative estimate of drug-likeness (QED) is 0.727. The highest BCUT2D eigenvalue weighted by Gasteiger charge is 2.61. The summed E-state index contributed by atoms with van der Waals surface area (Å²) in [6, 6.07) is 0. The standard InChI is InChI=1S/C21H28O3/c1-4-12-11-17(23)21(3)9-7-14-13(18(12)21)5-6-15-19(24)16(22)8-10-20(14,15)2/h4,12-14,18,24H,1,5-11H2,2-3H3/t12?,13-,14-,18+,20-,21-/m1/s1. The van der Waals surface area contributed by atoms with Crippen molar-refractivity contribution in [3.05, 3.63) is 24.0 Å².